The first-order valence-corrected chi connectivity index (χ1v) is 8.78. The molecule has 0 unspecified atom stereocenters. The van der Waals surface area contributed by atoms with E-state index in [9.17, 15) is 4.79 Å². The van der Waals surface area contributed by atoms with Crippen molar-refractivity contribution in [3.63, 3.8) is 0 Å². The monoisotopic (exact) mass is 336 g/mol. The van der Waals surface area contributed by atoms with E-state index in [1.54, 1.807) is 11.3 Å². The molecule has 122 valence electrons. The molecule has 24 heavy (non-hydrogen) atoms. The minimum Gasteiger partial charge on any atom is -0.351 e. The van der Waals surface area contributed by atoms with Crippen LogP contribution < -0.4 is 5.32 Å². The Morgan fingerprint density at radius 1 is 1.04 bits per heavy atom. The van der Waals surface area contributed by atoms with Gasteiger partial charge in [0.05, 0.1) is 18.7 Å². The second kappa shape index (κ2) is 7.41. The number of aromatic nitrogens is 1. The molecule has 2 aromatic carbocycles. The SMILES string of the molecule is Cc1ccccc1CC(=O)NCc1sc(-c2ccccc2)nc1C. The molecule has 0 saturated heterocycles. The van der Waals surface area contributed by atoms with Crippen LogP contribution in [0, 0.1) is 13.8 Å². The molecule has 1 heterocycles. The zero-order valence-corrected chi connectivity index (χ0v) is 14.7. The first kappa shape index (κ1) is 16.4. The fourth-order valence-corrected chi connectivity index (χ4v) is 3.53. The van der Waals surface area contributed by atoms with Crippen LogP contribution >= 0.6 is 11.3 Å². The second-order valence-corrected chi connectivity index (χ2v) is 6.86. The fraction of sp³-hybridized carbons (Fsp3) is 0.200. The summed E-state index contributed by atoms with van der Waals surface area (Å²) in [7, 11) is 0. The van der Waals surface area contributed by atoms with Crippen molar-refractivity contribution in [1.82, 2.24) is 10.3 Å². The zero-order chi connectivity index (χ0) is 16.9. The maximum Gasteiger partial charge on any atom is 0.224 e. The Labute approximate surface area is 146 Å². The molecule has 0 spiro atoms. The summed E-state index contributed by atoms with van der Waals surface area (Å²) >= 11 is 1.64. The standard InChI is InChI=1S/C20H20N2OS/c1-14-8-6-7-11-17(14)12-19(23)21-13-18-15(2)22-20(24-18)16-9-4-3-5-10-16/h3-11H,12-13H2,1-2H3,(H,21,23). The molecule has 0 aliphatic heterocycles. The van der Waals surface area contributed by atoms with E-state index in [2.05, 4.69) is 22.4 Å². The van der Waals surface area contributed by atoms with E-state index in [-0.39, 0.29) is 5.91 Å². The summed E-state index contributed by atoms with van der Waals surface area (Å²) in [5.41, 5.74) is 4.31. The molecule has 0 fully saturated rings. The van der Waals surface area contributed by atoms with Gasteiger partial charge in [-0.25, -0.2) is 4.98 Å². The number of nitrogens with one attached hydrogen (secondary N) is 1. The molecule has 0 aliphatic carbocycles. The van der Waals surface area contributed by atoms with Gasteiger partial charge in [0.1, 0.15) is 5.01 Å². The van der Waals surface area contributed by atoms with Gasteiger partial charge in [0, 0.05) is 10.4 Å². The summed E-state index contributed by atoms with van der Waals surface area (Å²) in [5.74, 6) is 0.0401. The van der Waals surface area contributed by atoms with Gasteiger partial charge < -0.3 is 5.32 Å². The summed E-state index contributed by atoms with van der Waals surface area (Å²) < 4.78 is 0. The largest absolute Gasteiger partial charge is 0.351 e. The molecule has 4 heteroatoms. The maximum atomic E-state index is 12.2. The Hall–Kier alpha value is -2.46. The lowest BCUT2D eigenvalue weighted by molar-refractivity contribution is -0.120. The van der Waals surface area contributed by atoms with Gasteiger partial charge in [-0.15, -0.1) is 11.3 Å². The third-order valence-corrected chi connectivity index (χ3v) is 5.18. The number of hydrogen-bond donors (Lipinski definition) is 1. The van der Waals surface area contributed by atoms with Crippen LogP contribution in [0.5, 0.6) is 0 Å². The van der Waals surface area contributed by atoms with Crippen molar-refractivity contribution in [2.75, 3.05) is 0 Å². The molecule has 1 aromatic heterocycles. The number of amides is 1. The third kappa shape index (κ3) is 3.89. The Morgan fingerprint density at radius 3 is 2.50 bits per heavy atom. The van der Waals surface area contributed by atoms with Crippen molar-refractivity contribution >= 4 is 17.2 Å². The van der Waals surface area contributed by atoms with E-state index in [0.717, 1.165) is 32.3 Å². The highest BCUT2D eigenvalue weighted by Gasteiger charge is 2.11. The quantitative estimate of drug-likeness (QED) is 0.755. The summed E-state index contributed by atoms with van der Waals surface area (Å²) in [6.45, 7) is 4.55. The Morgan fingerprint density at radius 2 is 1.75 bits per heavy atom. The van der Waals surface area contributed by atoms with Crippen LogP contribution in [0.15, 0.2) is 54.6 Å². The molecule has 3 rings (SSSR count). The molecular formula is C20H20N2OS. The van der Waals surface area contributed by atoms with Gasteiger partial charge in [-0.3, -0.25) is 4.79 Å². The predicted octanol–water partition coefficient (Wildman–Crippen LogP) is 4.29. The van der Waals surface area contributed by atoms with Gasteiger partial charge in [-0.2, -0.15) is 0 Å². The molecule has 3 aromatic rings. The van der Waals surface area contributed by atoms with Crippen LogP contribution in [0.25, 0.3) is 10.6 Å². The third-order valence-electron chi connectivity index (χ3n) is 3.97. The maximum absolute atomic E-state index is 12.2. The highest BCUT2D eigenvalue weighted by Crippen LogP contribution is 2.27. The van der Waals surface area contributed by atoms with Crippen LogP contribution in [0.4, 0.5) is 0 Å². The summed E-state index contributed by atoms with van der Waals surface area (Å²) in [6, 6.07) is 18.1. The van der Waals surface area contributed by atoms with Gasteiger partial charge in [0.2, 0.25) is 5.91 Å². The van der Waals surface area contributed by atoms with E-state index in [0.29, 0.717) is 13.0 Å². The van der Waals surface area contributed by atoms with Gasteiger partial charge in [0.25, 0.3) is 0 Å². The van der Waals surface area contributed by atoms with Crippen molar-refractivity contribution < 1.29 is 4.79 Å². The average Bonchev–Trinajstić information content (AvgIpc) is 2.97. The second-order valence-electron chi connectivity index (χ2n) is 5.77. The fourth-order valence-electron chi connectivity index (χ4n) is 2.52. The number of hydrogen-bond acceptors (Lipinski definition) is 3. The minimum atomic E-state index is 0.0401. The van der Waals surface area contributed by atoms with Crippen molar-refractivity contribution in [3.05, 3.63) is 76.3 Å². The number of rotatable bonds is 5. The number of aryl methyl sites for hydroxylation is 2. The number of nitrogens with zero attached hydrogens (tertiary/aromatic N) is 1. The van der Waals surface area contributed by atoms with Gasteiger partial charge in [0.15, 0.2) is 0 Å². The van der Waals surface area contributed by atoms with E-state index in [1.165, 1.54) is 0 Å². The molecule has 0 atom stereocenters. The topological polar surface area (TPSA) is 42.0 Å². The Balaban J connectivity index is 1.64. The van der Waals surface area contributed by atoms with Crippen LogP contribution in [0.3, 0.4) is 0 Å². The van der Waals surface area contributed by atoms with Crippen molar-refractivity contribution in [1.29, 1.82) is 0 Å². The highest BCUT2D eigenvalue weighted by molar-refractivity contribution is 7.15. The molecule has 0 aliphatic rings. The molecule has 0 bridgehead atoms. The summed E-state index contributed by atoms with van der Waals surface area (Å²) in [6.07, 6.45) is 0.413. The number of thiazole rings is 1. The number of benzene rings is 2. The number of carbonyl (C=O) groups is 1. The lowest BCUT2D eigenvalue weighted by Gasteiger charge is -2.06. The normalized spacial score (nSPS) is 10.6. The number of carbonyl (C=O) groups excluding carboxylic acids is 1. The van der Waals surface area contributed by atoms with Crippen LogP contribution in [-0.2, 0) is 17.8 Å². The van der Waals surface area contributed by atoms with E-state index in [1.807, 2.05) is 56.3 Å². The minimum absolute atomic E-state index is 0.0401. The average molecular weight is 336 g/mol. The highest BCUT2D eigenvalue weighted by atomic mass is 32.1. The van der Waals surface area contributed by atoms with Crippen molar-refractivity contribution in [2.45, 2.75) is 26.8 Å². The summed E-state index contributed by atoms with van der Waals surface area (Å²) in [5, 5.41) is 4.01. The van der Waals surface area contributed by atoms with Crippen LogP contribution in [0.1, 0.15) is 21.7 Å². The predicted molar refractivity (Wildman–Crippen MR) is 99.0 cm³/mol. The smallest absolute Gasteiger partial charge is 0.224 e. The molecule has 3 nitrogen and oxygen atoms in total. The van der Waals surface area contributed by atoms with Gasteiger partial charge in [-0.1, -0.05) is 54.6 Å². The molecule has 0 radical (unpaired) electrons. The van der Waals surface area contributed by atoms with Crippen molar-refractivity contribution in [2.24, 2.45) is 0 Å². The first-order valence-electron chi connectivity index (χ1n) is 7.96. The zero-order valence-electron chi connectivity index (χ0n) is 13.9. The Kier molecular flexibility index (Phi) is 5.06. The van der Waals surface area contributed by atoms with E-state index >= 15 is 0 Å². The molecule has 1 amide bonds. The molecule has 0 saturated carbocycles. The Bertz CT molecular complexity index is 840. The first-order chi connectivity index (χ1) is 11.6. The molecule has 1 N–H and O–H groups in total. The van der Waals surface area contributed by atoms with E-state index < -0.39 is 0 Å². The van der Waals surface area contributed by atoms with E-state index in [4.69, 9.17) is 0 Å². The molecular weight excluding hydrogens is 316 g/mol. The van der Waals surface area contributed by atoms with Gasteiger partial charge >= 0.3 is 0 Å². The summed E-state index contributed by atoms with van der Waals surface area (Å²) in [4.78, 5) is 17.9. The van der Waals surface area contributed by atoms with Crippen LogP contribution in [-0.4, -0.2) is 10.9 Å². The lowest BCUT2D eigenvalue weighted by Crippen LogP contribution is -2.24. The van der Waals surface area contributed by atoms with Crippen LogP contribution in [0.2, 0.25) is 0 Å². The van der Waals surface area contributed by atoms with Crippen molar-refractivity contribution in [3.8, 4) is 10.6 Å². The lowest BCUT2D eigenvalue weighted by atomic mass is 10.1. The van der Waals surface area contributed by atoms with Gasteiger partial charge in [-0.05, 0) is 25.0 Å².